The largest absolute Gasteiger partial charge is 0.478 e. The van der Waals surface area contributed by atoms with Gasteiger partial charge in [0.1, 0.15) is 0 Å². The second-order valence-electron chi connectivity index (χ2n) is 8.07. The number of aliphatic imine (C=N–C) groups is 1. The number of amides is 2. The van der Waals surface area contributed by atoms with E-state index in [2.05, 4.69) is 20.5 Å². The number of hydrogen-bond donors (Lipinski definition) is 5. The molecule has 0 spiro atoms. The van der Waals surface area contributed by atoms with Crippen molar-refractivity contribution in [1.29, 1.82) is 0 Å². The number of nitrogens with zero attached hydrogens (tertiary/aromatic N) is 2. The van der Waals surface area contributed by atoms with Crippen LogP contribution in [0, 0.1) is 5.92 Å². The highest BCUT2D eigenvalue weighted by Crippen LogP contribution is 2.29. The predicted molar refractivity (Wildman–Crippen MR) is 115 cm³/mol. The van der Waals surface area contributed by atoms with Crippen molar-refractivity contribution >= 4 is 23.9 Å². The molecule has 1 aliphatic carbocycles. The van der Waals surface area contributed by atoms with Crippen molar-refractivity contribution in [2.75, 3.05) is 26.2 Å². The summed E-state index contributed by atoms with van der Waals surface area (Å²) in [6, 6.07) is -1.46. The first-order valence-electron chi connectivity index (χ1n) is 10.7. The number of alkyl carbamates (subject to hydrolysis) is 1. The van der Waals surface area contributed by atoms with Gasteiger partial charge in [-0.3, -0.25) is 9.69 Å². The van der Waals surface area contributed by atoms with E-state index in [1.807, 2.05) is 6.92 Å². The van der Waals surface area contributed by atoms with Gasteiger partial charge in [0.15, 0.2) is 5.96 Å². The van der Waals surface area contributed by atoms with E-state index in [-0.39, 0.29) is 36.4 Å². The SMILES string of the molecule is CCCNC(=O)OC[C@H]1CCCN([C@@H]2C=C(C(=O)O)C[C@H](N=C(N)N)[C@H]2NC(C)=O)C1. The number of nitrogens with two attached hydrogens (primary N) is 2. The van der Waals surface area contributed by atoms with Crippen LogP contribution in [0.2, 0.25) is 0 Å². The molecule has 1 saturated heterocycles. The second-order valence-corrected chi connectivity index (χ2v) is 8.07. The van der Waals surface area contributed by atoms with Gasteiger partial charge in [-0.2, -0.15) is 0 Å². The van der Waals surface area contributed by atoms with Gasteiger partial charge in [-0.1, -0.05) is 13.0 Å². The Labute approximate surface area is 182 Å². The van der Waals surface area contributed by atoms with E-state index in [1.165, 1.54) is 6.92 Å². The van der Waals surface area contributed by atoms with Crippen molar-refractivity contribution in [3.63, 3.8) is 0 Å². The average Bonchev–Trinajstić information content (AvgIpc) is 2.71. The van der Waals surface area contributed by atoms with E-state index in [0.717, 1.165) is 25.8 Å². The lowest BCUT2D eigenvalue weighted by atomic mass is 9.84. The Kier molecular flexibility index (Phi) is 9.10. The summed E-state index contributed by atoms with van der Waals surface area (Å²) in [5, 5.41) is 15.2. The minimum atomic E-state index is -1.04. The highest BCUT2D eigenvalue weighted by atomic mass is 16.5. The molecule has 1 fully saturated rings. The molecule has 0 aromatic heterocycles. The Morgan fingerprint density at radius 3 is 2.71 bits per heavy atom. The monoisotopic (exact) mass is 438 g/mol. The lowest BCUT2D eigenvalue weighted by molar-refractivity contribution is -0.133. The third kappa shape index (κ3) is 7.42. The number of carbonyl (C=O) groups is 3. The minimum Gasteiger partial charge on any atom is -0.478 e. The molecule has 31 heavy (non-hydrogen) atoms. The van der Waals surface area contributed by atoms with E-state index in [0.29, 0.717) is 13.1 Å². The van der Waals surface area contributed by atoms with Gasteiger partial charge in [-0.25, -0.2) is 14.6 Å². The smallest absolute Gasteiger partial charge is 0.407 e. The summed E-state index contributed by atoms with van der Waals surface area (Å²) in [7, 11) is 0. The zero-order valence-electron chi connectivity index (χ0n) is 18.2. The molecule has 0 radical (unpaired) electrons. The molecule has 0 saturated carbocycles. The Morgan fingerprint density at radius 1 is 1.35 bits per heavy atom. The molecular formula is C20H34N6O5. The molecule has 1 aliphatic heterocycles. The van der Waals surface area contributed by atoms with Crippen LogP contribution in [-0.4, -0.2) is 78.3 Å². The van der Waals surface area contributed by atoms with Gasteiger partial charge < -0.3 is 31.9 Å². The van der Waals surface area contributed by atoms with Crippen LogP contribution in [0.25, 0.3) is 0 Å². The van der Waals surface area contributed by atoms with Crippen LogP contribution in [0.15, 0.2) is 16.6 Å². The van der Waals surface area contributed by atoms with Gasteiger partial charge in [0.25, 0.3) is 0 Å². The molecule has 0 aromatic carbocycles. The Bertz CT molecular complexity index is 721. The van der Waals surface area contributed by atoms with Gasteiger partial charge in [0.05, 0.1) is 24.7 Å². The van der Waals surface area contributed by atoms with Crippen molar-refractivity contribution in [2.24, 2.45) is 22.4 Å². The number of rotatable bonds is 8. The highest BCUT2D eigenvalue weighted by Gasteiger charge is 2.40. The van der Waals surface area contributed by atoms with Crippen LogP contribution in [0.5, 0.6) is 0 Å². The average molecular weight is 439 g/mol. The summed E-state index contributed by atoms with van der Waals surface area (Å²) in [6.07, 6.45) is 3.94. The number of ether oxygens (including phenoxy) is 1. The number of carboxylic acids is 1. The lowest BCUT2D eigenvalue weighted by Gasteiger charge is -2.44. The van der Waals surface area contributed by atoms with Gasteiger partial charge >= 0.3 is 12.1 Å². The summed E-state index contributed by atoms with van der Waals surface area (Å²) >= 11 is 0. The molecule has 2 rings (SSSR count). The molecule has 0 aromatic rings. The summed E-state index contributed by atoms with van der Waals surface area (Å²) in [4.78, 5) is 41.7. The van der Waals surface area contributed by atoms with Gasteiger partial charge in [0, 0.05) is 37.9 Å². The van der Waals surface area contributed by atoms with E-state index in [1.54, 1.807) is 6.08 Å². The fraction of sp³-hybridized carbons (Fsp3) is 0.700. The third-order valence-corrected chi connectivity index (χ3v) is 5.48. The lowest BCUT2D eigenvalue weighted by Crippen LogP contribution is -2.60. The molecule has 2 amide bonds. The molecule has 0 unspecified atom stereocenters. The molecule has 4 atom stereocenters. The molecule has 7 N–H and O–H groups in total. The molecule has 174 valence electrons. The zero-order valence-corrected chi connectivity index (χ0v) is 18.2. The normalized spacial score (nSPS) is 26.3. The second kappa shape index (κ2) is 11.5. The zero-order chi connectivity index (χ0) is 23.0. The number of likely N-dealkylation sites (tertiary alicyclic amines) is 1. The first-order valence-corrected chi connectivity index (χ1v) is 10.7. The number of carboxylic acid groups (broad SMARTS) is 1. The first kappa shape index (κ1) is 24.4. The van der Waals surface area contributed by atoms with Gasteiger partial charge in [-0.05, 0) is 25.8 Å². The summed E-state index contributed by atoms with van der Waals surface area (Å²) in [5.74, 6) is -1.34. The fourth-order valence-electron chi connectivity index (χ4n) is 4.16. The number of hydrogen-bond acceptors (Lipinski definition) is 6. The van der Waals surface area contributed by atoms with Crippen LogP contribution in [-0.2, 0) is 14.3 Å². The van der Waals surface area contributed by atoms with Crippen LogP contribution in [0.3, 0.4) is 0 Å². The maximum Gasteiger partial charge on any atom is 0.407 e. The molecule has 0 bridgehead atoms. The highest BCUT2D eigenvalue weighted by molar-refractivity contribution is 5.87. The maximum absolute atomic E-state index is 11.9. The van der Waals surface area contributed by atoms with Crippen LogP contribution in [0.4, 0.5) is 4.79 Å². The summed E-state index contributed by atoms with van der Waals surface area (Å²) in [5.41, 5.74) is 11.3. The standard InChI is InChI=1S/C20H34N6O5/c1-3-6-23-20(30)31-11-13-5-4-7-26(10-13)16-9-14(18(28)29)8-15(25-19(21)22)17(16)24-12(2)27/h9,13,15-17H,3-8,10-11H2,1-2H3,(H,23,30)(H,24,27)(H,28,29)(H4,21,22,25)/t13-,15-,16+,17+/m0/s1. The van der Waals surface area contributed by atoms with E-state index < -0.39 is 30.2 Å². The molecule has 11 heteroatoms. The van der Waals surface area contributed by atoms with Crippen LogP contribution >= 0.6 is 0 Å². The van der Waals surface area contributed by atoms with Crippen molar-refractivity contribution < 1.29 is 24.2 Å². The predicted octanol–water partition coefficient (Wildman–Crippen LogP) is -0.235. The molecule has 1 heterocycles. The van der Waals surface area contributed by atoms with Gasteiger partial charge in [-0.15, -0.1) is 0 Å². The molecule has 2 aliphatic rings. The van der Waals surface area contributed by atoms with Crippen LogP contribution in [0.1, 0.15) is 39.5 Å². The number of carbonyl (C=O) groups excluding carboxylic acids is 2. The molecule has 11 nitrogen and oxygen atoms in total. The number of guanidine groups is 1. The number of nitrogens with one attached hydrogen (secondary N) is 2. The quantitative estimate of drug-likeness (QED) is 0.255. The third-order valence-electron chi connectivity index (χ3n) is 5.48. The Balaban J connectivity index is 2.18. The van der Waals surface area contributed by atoms with E-state index >= 15 is 0 Å². The van der Waals surface area contributed by atoms with E-state index in [4.69, 9.17) is 16.2 Å². The van der Waals surface area contributed by atoms with Gasteiger partial charge in [0.2, 0.25) is 5.91 Å². The first-order chi connectivity index (χ1) is 14.7. The van der Waals surface area contributed by atoms with Crippen molar-refractivity contribution in [3.05, 3.63) is 11.6 Å². The van der Waals surface area contributed by atoms with Crippen molar-refractivity contribution in [2.45, 2.75) is 57.7 Å². The summed E-state index contributed by atoms with van der Waals surface area (Å²) in [6.45, 7) is 5.52. The van der Waals surface area contributed by atoms with Crippen molar-refractivity contribution in [3.8, 4) is 0 Å². The minimum absolute atomic E-state index is 0.101. The topological polar surface area (TPSA) is 172 Å². The number of piperidine rings is 1. The fourth-order valence-corrected chi connectivity index (χ4v) is 4.16. The Hall–Kier alpha value is -2.82. The Morgan fingerprint density at radius 2 is 2.10 bits per heavy atom. The van der Waals surface area contributed by atoms with Crippen LogP contribution < -0.4 is 22.1 Å². The van der Waals surface area contributed by atoms with Crippen molar-refractivity contribution in [1.82, 2.24) is 15.5 Å². The number of aliphatic carboxylic acids is 1. The summed E-state index contributed by atoms with van der Waals surface area (Å²) < 4.78 is 5.33. The van der Waals surface area contributed by atoms with E-state index in [9.17, 15) is 19.5 Å². The maximum atomic E-state index is 11.9. The molecular weight excluding hydrogens is 404 g/mol.